The van der Waals surface area contributed by atoms with Crippen LogP contribution in [0.2, 0.25) is 5.02 Å². The summed E-state index contributed by atoms with van der Waals surface area (Å²) in [7, 11) is 2.04. The predicted octanol–water partition coefficient (Wildman–Crippen LogP) is 3.43. The van der Waals surface area contributed by atoms with E-state index in [-0.39, 0.29) is 30.0 Å². The average Bonchev–Trinajstić information content (AvgIpc) is 3.23. The van der Waals surface area contributed by atoms with E-state index >= 15 is 0 Å². The van der Waals surface area contributed by atoms with E-state index in [1.54, 1.807) is 24.4 Å². The van der Waals surface area contributed by atoms with Gasteiger partial charge in [0.05, 0.1) is 33.7 Å². The topological polar surface area (TPSA) is 86.2 Å². The van der Waals surface area contributed by atoms with Crippen molar-refractivity contribution >= 4 is 40.4 Å². The Morgan fingerprint density at radius 1 is 1.19 bits per heavy atom. The zero-order chi connectivity index (χ0) is 25.2. The molecule has 5 rings (SSSR count). The number of aromatic nitrogens is 1. The van der Waals surface area contributed by atoms with Crippen molar-refractivity contribution in [2.24, 2.45) is 0 Å². The Labute approximate surface area is 218 Å². The summed E-state index contributed by atoms with van der Waals surface area (Å²) >= 11 is 7.97. The van der Waals surface area contributed by atoms with Crippen molar-refractivity contribution in [3.63, 3.8) is 0 Å². The average molecular weight is 527 g/mol. The highest BCUT2D eigenvalue weighted by Crippen LogP contribution is 2.40. The molecule has 2 aromatic heterocycles. The molecule has 1 aromatic carbocycles. The molecule has 10 heteroatoms. The number of carbonyl (C=O) groups is 2. The van der Waals surface area contributed by atoms with E-state index in [9.17, 15) is 14.7 Å². The molecule has 1 fully saturated rings. The molecule has 3 aromatic rings. The Morgan fingerprint density at radius 3 is 2.75 bits per heavy atom. The number of hydrogen-bond acceptors (Lipinski definition) is 7. The second-order valence-electron chi connectivity index (χ2n) is 8.86. The molecule has 0 saturated carbocycles. The van der Waals surface area contributed by atoms with Crippen LogP contribution < -0.4 is 9.64 Å². The number of halogens is 1. The minimum absolute atomic E-state index is 0.0742. The monoisotopic (exact) mass is 526 g/mol. The van der Waals surface area contributed by atoms with Crippen molar-refractivity contribution in [1.82, 2.24) is 14.8 Å². The number of thiophene rings is 1. The van der Waals surface area contributed by atoms with Crippen LogP contribution in [-0.4, -0.2) is 84.7 Å². The molecule has 1 N–H and O–H groups in total. The number of fused-ring (bicyclic) bond motifs is 3. The number of ether oxygens (including phenoxy) is 1. The van der Waals surface area contributed by atoms with Crippen molar-refractivity contribution in [3.05, 3.63) is 63.6 Å². The molecular weight excluding hydrogens is 500 g/mol. The number of likely N-dealkylation sites (N-methyl/N-ethyl adjacent to an activating group) is 1. The van der Waals surface area contributed by atoms with Crippen molar-refractivity contribution in [2.45, 2.75) is 6.42 Å². The fraction of sp³-hybridized carbons (Fsp3) is 0.346. The number of amides is 2. The number of rotatable bonds is 5. The van der Waals surface area contributed by atoms with Crippen molar-refractivity contribution in [1.29, 1.82) is 0 Å². The lowest BCUT2D eigenvalue weighted by Crippen LogP contribution is -2.47. The van der Waals surface area contributed by atoms with Gasteiger partial charge in [0.15, 0.2) is 0 Å². The Hall–Kier alpha value is -2.98. The van der Waals surface area contributed by atoms with Crippen LogP contribution in [-0.2, 0) is 6.42 Å². The zero-order valence-electron chi connectivity index (χ0n) is 19.9. The van der Waals surface area contributed by atoms with Crippen LogP contribution in [0.25, 0.3) is 10.6 Å². The number of carbonyl (C=O) groups excluding carboxylic acids is 2. The van der Waals surface area contributed by atoms with Crippen LogP contribution in [0.3, 0.4) is 0 Å². The lowest BCUT2D eigenvalue weighted by Gasteiger charge is -2.32. The number of hydrogen-bond donors (Lipinski definition) is 1. The first-order valence-electron chi connectivity index (χ1n) is 11.9. The third-order valence-corrected chi connectivity index (χ3v) is 7.95. The molecule has 0 spiro atoms. The number of aliphatic hydroxyl groups excluding tert-OH is 1. The molecule has 188 valence electrons. The molecule has 36 heavy (non-hydrogen) atoms. The van der Waals surface area contributed by atoms with Crippen LogP contribution in [0.4, 0.5) is 5.69 Å². The molecular formula is C26H27ClN4O4S. The Bertz CT molecular complexity index is 1290. The van der Waals surface area contributed by atoms with Gasteiger partial charge in [-0.2, -0.15) is 0 Å². The van der Waals surface area contributed by atoms with Crippen LogP contribution >= 0.6 is 22.9 Å². The number of pyridine rings is 1. The lowest BCUT2D eigenvalue weighted by atomic mass is 10.1. The Balaban J connectivity index is 1.42. The number of anilines is 1. The summed E-state index contributed by atoms with van der Waals surface area (Å²) in [5.41, 5.74) is 2.67. The molecule has 4 heterocycles. The summed E-state index contributed by atoms with van der Waals surface area (Å²) in [5, 5.41) is 10.0. The molecule has 2 amide bonds. The van der Waals surface area contributed by atoms with Crippen LogP contribution in [0.5, 0.6) is 5.75 Å². The smallest absolute Gasteiger partial charge is 0.268 e. The second-order valence-corrected chi connectivity index (χ2v) is 10.3. The van der Waals surface area contributed by atoms with E-state index in [1.165, 1.54) is 16.2 Å². The first-order chi connectivity index (χ1) is 17.5. The Morgan fingerprint density at radius 2 is 2.00 bits per heavy atom. The predicted molar refractivity (Wildman–Crippen MR) is 140 cm³/mol. The van der Waals surface area contributed by atoms with E-state index in [1.807, 2.05) is 30.1 Å². The van der Waals surface area contributed by atoms with Gasteiger partial charge >= 0.3 is 0 Å². The fourth-order valence-corrected chi connectivity index (χ4v) is 5.93. The van der Waals surface area contributed by atoms with Gasteiger partial charge in [-0.15, -0.1) is 11.3 Å². The Kier molecular flexibility index (Phi) is 7.25. The number of piperazine rings is 1. The summed E-state index contributed by atoms with van der Waals surface area (Å²) in [4.78, 5) is 38.0. The van der Waals surface area contributed by atoms with Gasteiger partial charge in [0, 0.05) is 50.9 Å². The van der Waals surface area contributed by atoms with Gasteiger partial charge in [-0.05, 0) is 49.0 Å². The molecule has 0 atom stereocenters. The molecule has 2 aliphatic heterocycles. The minimum atomic E-state index is -0.263. The molecule has 2 aliphatic rings. The zero-order valence-corrected chi connectivity index (χ0v) is 21.5. The molecule has 0 radical (unpaired) electrons. The van der Waals surface area contributed by atoms with Gasteiger partial charge < -0.3 is 24.5 Å². The van der Waals surface area contributed by atoms with Gasteiger partial charge in [0.2, 0.25) is 0 Å². The first kappa shape index (κ1) is 24.7. The summed E-state index contributed by atoms with van der Waals surface area (Å²) in [5.74, 6) is 0.362. The largest absolute Gasteiger partial charge is 0.491 e. The van der Waals surface area contributed by atoms with Gasteiger partial charge in [0.25, 0.3) is 11.8 Å². The molecule has 0 unspecified atom stereocenters. The number of benzene rings is 1. The maximum Gasteiger partial charge on any atom is 0.268 e. The standard InChI is InChI=1S/C26H27ClN4O4S/c1-29-8-10-30(11-9-29)25(33)18-4-5-20(19(27)15-18)31(12-13-32)26(34)22-16-17-6-14-35-21-3-2-7-28-23(21)24(17)36-22/h2-5,7,15-16,32H,6,8-14H2,1H3. The lowest BCUT2D eigenvalue weighted by molar-refractivity contribution is 0.0664. The number of aliphatic hydroxyl groups is 1. The quantitative estimate of drug-likeness (QED) is 0.548. The maximum absolute atomic E-state index is 13.6. The van der Waals surface area contributed by atoms with Crippen LogP contribution in [0.1, 0.15) is 25.6 Å². The molecule has 0 bridgehead atoms. The molecule has 0 aliphatic carbocycles. The molecule has 8 nitrogen and oxygen atoms in total. The van der Waals surface area contributed by atoms with Gasteiger partial charge in [-0.25, -0.2) is 0 Å². The highest BCUT2D eigenvalue weighted by Gasteiger charge is 2.27. The summed E-state index contributed by atoms with van der Waals surface area (Å²) in [6.07, 6.45) is 2.38. The second kappa shape index (κ2) is 10.6. The summed E-state index contributed by atoms with van der Waals surface area (Å²) in [6, 6.07) is 10.6. The third-order valence-electron chi connectivity index (χ3n) is 6.48. The highest BCUT2D eigenvalue weighted by atomic mass is 35.5. The minimum Gasteiger partial charge on any atom is -0.491 e. The van der Waals surface area contributed by atoms with E-state index < -0.39 is 0 Å². The van der Waals surface area contributed by atoms with Crippen molar-refractivity contribution < 1.29 is 19.4 Å². The molecule has 1 saturated heterocycles. The first-order valence-corrected chi connectivity index (χ1v) is 13.1. The summed E-state index contributed by atoms with van der Waals surface area (Å²) < 4.78 is 5.81. The van der Waals surface area contributed by atoms with E-state index in [4.69, 9.17) is 16.3 Å². The van der Waals surface area contributed by atoms with Gasteiger partial charge in [0.1, 0.15) is 11.4 Å². The third kappa shape index (κ3) is 4.84. The van der Waals surface area contributed by atoms with E-state index in [0.29, 0.717) is 48.0 Å². The maximum atomic E-state index is 13.6. The SMILES string of the molecule is CN1CCN(C(=O)c2ccc(N(CCO)C(=O)c3cc4c(s3)-c3ncccc3OCC4)c(Cl)c2)CC1. The van der Waals surface area contributed by atoms with E-state index in [2.05, 4.69) is 9.88 Å². The van der Waals surface area contributed by atoms with Gasteiger partial charge in [-0.1, -0.05) is 11.6 Å². The van der Waals surface area contributed by atoms with E-state index in [0.717, 1.165) is 29.2 Å². The van der Waals surface area contributed by atoms with Gasteiger partial charge in [-0.3, -0.25) is 14.6 Å². The number of nitrogens with zero attached hydrogens (tertiary/aromatic N) is 4. The van der Waals surface area contributed by atoms with Crippen molar-refractivity contribution in [2.75, 3.05) is 57.9 Å². The van der Waals surface area contributed by atoms with Crippen molar-refractivity contribution in [3.8, 4) is 16.3 Å². The normalized spacial score (nSPS) is 15.5. The summed E-state index contributed by atoms with van der Waals surface area (Å²) in [6.45, 7) is 3.33. The van der Waals surface area contributed by atoms with Crippen LogP contribution in [0.15, 0.2) is 42.6 Å². The van der Waals surface area contributed by atoms with Crippen LogP contribution in [0, 0.1) is 0 Å². The fourth-order valence-electron chi connectivity index (χ4n) is 4.48. The highest BCUT2D eigenvalue weighted by molar-refractivity contribution is 7.17.